The van der Waals surface area contributed by atoms with E-state index in [2.05, 4.69) is 12.2 Å². The Morgan fingerprint density at radius 1 is 1.25 bits per heavy atom. The molecule has 0 atom stereocenters. The van der Waals surface area contributed by atoms with Gasteiger partial charge in [-0.2, -0.15) is 0 Å². The fourth-order valence-corrected chi connectivity index (χ4v) is 4.11. The van der Waals surface area contributed by atoms with Crippen LogP contribution in [0.3, 0.4) is 0 Å². The lowest BCUT2D eigenvalue weighted by atomic mass is 9.79. The van der Waals surface area contributed by atoms with Crippen LogP contribution < -0.4 is 10.1 Å². The van der Waals surface area contributed by atoms with Gasteiger partial charge in [0.15, 0.2) is 5.17 Å². The van der Waals surface area contributed by atoms with Crippen LogP contribution in [-0.4, -0.2) is 23.6 Å². The summed E-state index contributed by atoms with van der Waals surface area (Å²) in [6.07, 6.45) is 5.13. The molecule has 108 valence electrons. The summed E-state index contributed by atoms with van der Waals surface area (Å²) in [6.45, 7) is 2.36. The van der Waals surface area contributed by atoms with Gasteiger partial charge < -0.3 is 10.1 Å². The van der Waals surface area contributed by atoms with Crippen LogP contribution in [0.15, 0.2) is 29.3 Å². The molecule has 0 aromatic heterocycles. The van der Waals surface area contributed by atoms with Crippen LogP contribution in [0.5, 0.6) is 5.75 Å². The Morgan fingerprint density at radius 3 is 2.60 bits per heavy atom. The number of amidine groups is 1. The van der Waals surface area contributed by atoms with Crippen molar-refractivity contribution < 1.29 is 4.74 Å². The average molecular weight is 290 g/mol. The molecular weight excluding hydrogens is 268 g/mol. The minimum Gasteiger partial charge on any atom is -0.497 e. The van der Waals surface area contributed by atoms with Gasteiger partial charge in [-0.25, -0.2) is 0 Å². The zero-order chi connectivity index (χ0) is 14.0. The molecule has 0 saturated heterocycles. The molecule has 0 unspecified atom stereocenters. The number of benzene rings is 1. The summed E-state index contributed by atoms with van der Waals surface area (Å²) in [7, 11) is 1.69. The topological polar surface area (TPSA) is 33.6 Å². The van der Waals surface area contributed by atoms with Gasteiger partial charge in [0, 0.05) is 11.4 Å². The predicted octanol–water partition coefficient (Wildman–Crippen LogP) is 4.16. The number of hydrogen-bond acceptors (Lipinski definition) is 4. The fourth-order valence-electron chi connectivity index (χ4n) is 2.90. The Labute approximate surface area is 125 Å². The normalized spacial score (nSPS) is 29.3. The summed E-state index contributed by atoms with van der Waals surface area (Å²) < 4.78 is 5.18. The standard InChI is InChI=1S/C16H22N2OS/c1-12-7-9-16(10-8-12)11-20-15(18-16)17-13-3-5-14(19-2)6-4-13/h3-6,12H,7-11H2,1-2H3,(H,17,18). The maximum atomic E-state index is 5.18. The van der Waals surface area contributed by atoms with Crippen molar-refractivity contribution in [2.45, 2.75) is 38.1 Å². The third kappa shape index (κ3) is 2.95. The number of nitrogens with one attached hydrogen (secondary N) is 1. The summed E-state index contributed by atoms with van der Waals surface area (Å²) >= 11 is 1.86. The van der Waals surface area contributed by atoms with Gasteiger partial charge in [0.25, 0.3) is 0 Å². The number of ether oxygens (including phenoxy) is 1. The minimum absolute atomic E-state index is 0.214. The van der Waals surface area contributed by atoms with Crippen molar-refractivity contribution >= 4 is 22.6 Å². The first kappa shape index (κ1) is 13.8. The monoisotopic (exact) mass is 290 g/mol. The van der Waals surface area contributed by atoms with Crippen LogP contribution in [0, 0.1) is 5.92 Å². The van der Waals surface area contributed by atoms with Crippen molar-refractivity contribution in [2.24, 2.45) is 10.9 Å². The molecule has 1 aromatic rings. The summed E-state index contributed by atoms with van der Waals surface area (Å²) in [5.41, 5.74) is 1.30. The molecule has 3 rings (SSSR count). The number of methoxy groups -OCH3 is 1. The smallest absolute Gasteiger partial charge is 0.161 e. The largest absolute Gasteiger partial charge is 0.497 e. The Kier molecular flexibility index (Phi) is 3.92. The van der Waals surface area contributed by atoms with Crippen molar-refractivity contribution in [3.63, 3.8) is 0 Å². The maximum Gasteiger partial charge on any atom is 0.161 e. The van der Waals surface area contributed by atoms with Crippen molar-refractivity contribution in [1.29, 1.82) is 0 Å². The van der Waals surface area contributed by atoms with E-state index in [4.69, 9.17) is 9.73 Å². The molecule has 1 heterocycles. The van der Waals surface area contributed by atoms with Crippen molar-refractivity contribution in [3.8, 4) is 5.75 Å². The SMILES string of the molecule is COc1ccc(NC2=NC3(CCC(C)CC3)CS2)cc1. The van der Waals surface area contributed by atoms with E-state index in [1.54, 1.807) is 7.11 Å². The molecule has 1 spiro atoms. The van der Waals surface area contributed by atoms with Gasteiger partial charge in [0.2, 0.25) is 0 Å². The second-order valence-electron chi connectivity index (χ2n) is 5.97. The van der Waals surface area contributed by atoms with E-state index < -0.39 is 0 Å². The zero-order valence-electron chi connectivity index (χ0n) is 12.2. The van der Waals surface area contributed by atoms with Crippen LogP contribution in [0.4, 0.5) is 5.69 Å². The van der Waals surface area contributed by atoms with E-state index in [1.165, 1.54) is 25.7 Å². The third-order valence-corrected chi connectivity index (χ3v) is 5.51. The minimum atomic E-state index is 0.214. The molecule has 1 fully saturated rings. The van der Waals surface area contributed by atoms with Crippen LogP contribution in [0.1, 0.15) is 32.6 Å². The predicted molar refractivity (Wildman–Crippen MR) is 86.9 cm³/mol. The number of thioether (sulfide) groups is 1. The highest BCUT2D eigenvalue weighted by Gasteiger charge is 2.38. The highest BCUT2D eigenvalue weighted by atomic mass is 32.2. The van der Waals surface area contributed by atoms with Gasteiger partial charge >= 0.3 is 0 Å². The lowest BCUT2D eigenvalue weighted by molar-refractivity contribution is 0.273. The van der Waals surface area contributed by atoms with Gasteiger partial charge in [0.05, 0.1) is 12.6 Å². The van der Waals surface area contributed by atoms with Gasteiger partial charge in [-0.1, -0.05) is 18.7 Å². The van der Waals surface area contributed by atoms with Crippen molar-refractivity contribution in [1.82, 2.24) is 0 Å². The van der Waals surface area contributed by atoms with Crippen molar-refractivity contribution in [3.05, 3.63) is 24.3 Å². The summed E-state index contributed by atoms with van der Waals surface area (Å²) in [5, 5.41) is 4.51. The van der Waals surface area contributed by atoms with Crippen LogP contribution in [0.2, 0.25) is 0 Å². The van der Waals surface area contributed by atoms with Crippen LogP contribution >= 0.6 is 11.8 Å². The molecule has 0 bridgehead atoms. The van der Waals surface area contributed by atoms with Crippen LogP contribution in [-0.2, 0) is 0 Å². The molecule has 1 N–H and O–H groups in total. The van der Waals surface area contributed by atoms with E-state index in [9.17, 15) is 0 Å². The Balaban J connectivity index is 1.66. The highest BCUT2D eigenvalue weighted by Crippen LogP contribution is 2.41. The van der Waals surface area contributed by atoms with Gasteiger partial charge in [-0.3, -0.25) is 4.99 Å². The van der Waals surface area contributed by atoms with Crippen molar-refractivity contribution in [2.75, 3.05) is 18.2 Å². The Morgan fingerprint density at radius 2 is 1.95 bits per heavy atom. The zero-order valence-corrected chi connectivity index (χ0v) is 13.0. The molecule has 0 radical (unpaired) electrons. The number of aliphatic imine (C=N–C) groups is 1. The van der Waals surface area contributed by atoms with Crippen LogP contribution in [0.25, 0.3) is 0 Å². The fraction of sp³-hybridized carbons (Fsp3) is 0.562. The Hall–Kier alpha value is -1.16. The molecule has 2 aliphatic rings. The van der Waals surface area contributed by atoms with E-state index in [0.29, 0.717) is 0 Å². The first-order chi connectivity index (χ1) is 9.69. The van der Waals surface area contributed by atoms with E-state index in [0.717, 1.165) is 28.3 Å². The second-order valence-corrected chi connectivity index (χ2v) is 6.93. The average Bonchev–Trinajstić information content (AvgIpc) is 2.86. The molecule has 1 aromatic carbocycles. The summed E-state index contributed by atoms with van der Waals surface area (Å²) in [6, 6.07) is 8.02. The number of rotatable bonds is 2. The van der Waals surface area contributed by atoms with E-state index >= 15 is 0 Å². The second kappa shape index (κ2) is 5.68. The van der Waals surface area contributed by atoms with Gasteiger partial charge in [-0.05, 0) is 55.9 Å². The molecular formula is C16H22N2OS. The van der Waals surface area contributed by atoms with E-state index in [1.807, 2.05) is 36.0 Å². The maximum absolute atomic E-state index is 5.18. The van der Waals surface area contributed by atoms with Gasteiger partial charge in [0.1, 0.15) is 5.75 Å². The molecule has 1 aliphatic carbocycles. The molecule has 1 aliphatic heterocycles. The van der Waals surface area contributed by atoms with Gasteiger partial charge in [-0.15, -0.1) is 0 Å². The molecule has 3 nitrogen and oxygen atoms in total. The highest BCUT2D eigenvalue weighted by molar-refractivity contribution is 8.14. The first-order valence-corrected chi connectivity index (χ1v) is 8.31. The molecule has 1 saturated carbocycles. The summed E-state index contributed by atoms with van der Waals surface area (Å²) in [4.78, 5) is 4.99. The number of hydrogen-bond donors (Lipinski definition) is 1. The Bertz CT molecular complexity index is 490. The molecule has 4 heteroatoms. The lowest BCUT2D eigenvalue weighted by Gasteiger charge is -2.32. The lowest BCUT2D eigenvalue weighted by Crippen LogP contribution is -2.32. The first-order valence-electron chi connectivity index (χ1n) is 7.33. The molecule has 20 heavy (non-hydrogen) atoms. The number of nitrogens with zero attached hydrogens (tertiary/aromatic N) is 1. The quantitative estimate of drug-likeness (QED) is 0.888. The number of anilines is 1. The molecule has 0 amide bonds. The van der Waals surface area contributed by atoms with E-state index in [-0.39, 0.29) is 5.54 Å². The third-order valence-electron chi connectivity index (χ3n) is 4.36. The summed E-state index contributed by atoms with van der Waals surface area (Å²) in [5.74, 6) is 2.90.